The molecule has 0 bridgehead atoms. The molecule has 3 fully saturated rings. The Kier molecular flexibility index (Phi) is 7.71. The average molecular weight is 460 g/mol. The molecule has 174 valence electrons. The van der Waals surface area contributed by atoms with Gasteiger partial charge in [-0.2, -0.15) is 0 Å². The topological polar surface area (TPSA) is 69.7 Å². The number of benzene rings is 1. The molecule has 1 unspecified atom stereocenters. The van der Waals surface area contributed by atoms with Crippen LogP contribution < -0.4 is 5.32 Å². The van der Waals surface area contributed by atoms with Crippen molar-refractivity contribution in [3.05, 3.63) is 34.9 Å². The van der Waals surface area contributed by atoms with Gasteiger partial charge in [-0.3, -0.25) is 14.4 Å². The van der Waals surface area contributed by atoms with Crippen LogP contribution in [0.2, 0.25) is 5.02 Å². The zero-order valence-corrected chi connectivity index (χ0v) is 19.5. The number of amides is 3. The molecule has 1 saturated carbocycles. The molecule has 1 aromatic carbocycles. The van der Waals surface area contributed by atoms with Gasteiger partial charge < -0.3 is 15.1 Å². The molecule has 1 aliphatic carbocycles. The summed E-state index contributed by atoms with van der Waals surface area (Å²) < 4.78 is 0. The first kappa shape index (κ1) is 23.1. The minimum absolute atomic E-state index is 0.00525. The van der Waals surface area contributed by atoms with Crippen molar-refractivity contribution in [3.63, 3.8) is 0 Å². The van der Waals surface area contributed by atoms with E-state index in [1.54, 1.807) is 24.3 Å². The van der Waals surface area contributed by atoms with E-state index < -0.39 is 6.04 Å². The van der Waals surface area contributed by atoms with Crippen LogP contribution in [0.1, 0.15) is 68.1 Å². The van der Waals surface area contributed by atoms with Crippen LogP contribution in [0, 0.1) is 11.8 Å². The summed E-state index contributed by atoms with van der Waals surface area (Å²) in [6.45, 7) is 2.81. The third-order valence-corrected chi connectivity index (χ3v) is 7.70. The van der Waals surface area contributed by atoms with Crippen LogP contribution in [0.3, 0.4) is 0 Å². The number of halogens is 1. The molecule has 0 aromatic heterocycles. The van der Waals surface area contributed by atoms with E-state index in [1.165, 1.54) is 0 Å². The normalized spacial score (nSPS) is 21.4. The van der Waals surface area contributed by atoms with Gasteiger partial charge in [0.25, 0.3) is 5.91 Å². The van der Waals surface area contributed by atoms with Crippen LogP contribution in [0.15, 0.2) is 24.3 Å². The molecule has 1 atom stereocenters. The van der Waals surface area contributed by atoms with Crippen molar-refractivity contribution >= 4 is 29.3 Å². The Bertz CT molecular complexity index is 825. The lowest BCUT2D eigenvalue weighted by Gasteiger charge is -2.39. The summed E-state index contributed by atoms with van der Waals surface area (Å²) in [5.41, 5.74) is 0.388. The van der Waals surface area contributed by atoms with Crippen molar-refractivity contribution in [2.24, 2.45) is 11.8 Å². The molecule has 2 aliphatic heterocycles. The molecule has 3 aliphatic rings. The third kappa shape index (κ3) is 5.28. The van der Waals surface area contributed by atoms with E-state index in [-0.39, 0.29) is 29.6 Å². The minimum Gasteiger partial charge on any atom is -0.342 e. The van der Waals surface area contributed by atoms with Crippen LogP contribution in [0.4, 0.5) is 0 Å². The average Bonchev–Trinajstić information content (AvgIpc) is 3.37. The maximum atomic E-state index is 13.5. The lowest BCUT2D eigenvalue weighted by atomic mass is 9.87. The van der Waals surface area contributed by atoms with Crippen LogP contribution in [-0.4, -0.2) is 59.7 Å². The van der Waals surface area contributed by atoms with Crippen molar-refractivity contribution < 1.29 is 14.4 Å². The van der Waals surface area contributed by atoms with Crippen LogP contribution >= 0.6 is 11.6 Å². The first-order chi connectivity index (χ1) is 15.5. The summed E-state index contributed by atoms with van der Waals surface area (Å²) in [6, 6.07) is 6.34. The smallest absolute Gasteiger partial charge is 0.253 e. The van der Waals surface area contributed by atoms with E-state index in [2.05, 4.69) is 5.32 Å². The van der Waals surface area contributed by atoms with E-state index in [0.717, 1.165) is 70.9 Å². The molecule has 2 heterocycles. The van der Waals surface area contributed by atoms with Crippen molar-refractivity contribution in [1.29, 1.82) is 0 Å². The predicted molar refractivity (Wildman–Crippen MR) is 124 cm³/mol. The Morgan fingerprint density at radius 2 is 1.50 bits per heavy atom. The zero-order valence-electron chi connectivity index (χ0n) is 18.7. The SMILES string of the molecule is O=C(NC(C(=O)N1CCCCC1)C1CCN(C(=O)C2CCCC2)CC1)c1ccccc1Cl. The summed E-state index contributed by atoms with van der Waals surface area (Å²) in [7, 11) is 0. The number of carbonyl (C=O) groups excluding carboxylic acids is 3. The highest BCUT2D eigenvalue weighted by atomic mass is 35.5. The maximum Gasteiger partial charge on any atom is 0.253 e. The summed E-state index contributed by atoms with van der Waals surface area (Å²) >= 11 is 6.23. The Balaban J connectivity index is 1.45. The summed E-state index contributed by atoms with van der Waals surface area (Å²) in [6.07, 6.45) is 8.90. The number of hydrogen-bond acceptors (Lipinski definition) is 3. The Labute approximate surface area is 195 Å². The van der Waals surface area contributed by atoms with E-state index in [9.17, 15) is 14.4 Å². The van der Waals surface area contributed by atoms with Gasteiger partial charge in [0.1, 0.15) is 6.04 Å². The molecule has 1 N–H and O–H groups in total. The molecule has 0 radical (unpaired) electrons. The molecule has 4 rings (SSSR count). The van der Waals surface area contributed by atoms with Gasteiger partial charge in [0.05, 0.1) is 10.6 Å². The Hall–Kier alpha value is -2.08. The van der Waals surface area contributed by atoms with Crippen molar-refractivity contribution in [1.82, 2.24) is 15.1 Å². The molecular weight excluding hydrogens is 426 g/mol. The molecule has 32 heavy (non-hydrogen) atoms. The fourth-order valence-electron chi connectivity index (χ4n) is 5.44. The molecule has 6 nitrogen and oxygen atoms in total. The van der Waals surface area contributed by atoms with Gasteiger partial charge >= 0.3 is 0 Å². The fraction of sp³-hybridized carbons (Fsp3) is 0.640. The van der Waals surface area contributed by atoms with E-state index in [0.29, 0.717) is 23.7 Å². The minimum atomic E-state index is -0.583. The zero-order chi connectivity index (χ0) is 22.5. The number of carbonyl (C=O) groups is 3. The highest BCUT2D eigenvalue weighted by Gasteiger charge is 2.38. The van der Waals surface area contributed by atoms with Gasteiger partial charge in [0, 0.05) is 32.1 Å². The van der Waals surface area contributed by atoms with E-state index in [4.69, 9.17) is 11.6 Å². The monoisotopic (exact) mass is 459 g/mol. The second kappa shape index (κ2) is 10.7. The van der Waals surface area contributed by atoms with Gasteiger partial charge in [-0.25, -0.2) is 0 Å². The molecule has 0 spiro atoms. The second-order valence-corrected chi connectivity index (χ2v) is 9.87. The number of nitrogens with one attached hydrogen (secondary N) is 1. The second-order valence-electron chi connectivity index (χ2n) is 9.46. The first-order valence-corrected chi connectivity index (χ1v) is 12.6. The van der Waals surface area contributed by atoms with Crippen molar-refractivity contribution in [2.75, 3.05) is 26.2 Å². The van der Waals surface area contributed by atoms with Crippen LogP contribution in [-0.2, 0) is 9.59 Å². The van der Waals surface area contributed by atoms with Gasteiger partial charge in [-0.15, -0.1) is 0 Å². The molecule has 2 saturated heterocycles. The van der Waals surface area contributed by atoms with Gasteiger partial charge in [0.2, 0.25) is 11.8 Å². The molecule has 1 aromatic rings. The van der Waals surface area contributed by atoms with E-state index >= 15 is 0 Å². The van der Waals surface area contributed by atoms with Gasteiger partial charge in [0.15, 0.2) is 0 Å². The number of likely N-dealkylation sites (tertiary alicyclic amines) is 2. The van der Waals surface area contributed by atoms with Crippen LogP contribution in [0.25, 0.3) is 0 Å². The molecule has 7 heteroatoms. The number of hydrogen-bond donors (Lipinski definition) is 1. The van der Waals surface area contributed by atoms with Crippen LogP contribution in [0.5, 0.6) is 0 Å². The number of rotatable bonds is 5. The quantitative estimate of drug-likeness (QED) is 0.726. The lowest BCUT2D eigenvalue weighted by Crippen LogP contribution is -2.55. The van der Waals surface area contributed by atoms with Gasteiger partial charge in [-0.05, 0) is 63.0 Å². The predicted octanol–water partition coefficient (Wildman–Crippen LogP) is 3.88. The fourth-order valence-corrected chi connectivity index (χ4v) is 5.66. The third-order valence-electron chi connectivity index (χ3n) is 7.37. The Morgan fingerprint density at radius 1 is 0.844 bits per heavy atom. The molecule has 3 amide bonds. The lowest BCUT2D eigenvalue weighted by molar-refractivity contribution is -0.138. The number of piperidine rings is 2. The first-order valence-electron chi connectivity index (χ1n) is 12.2. The maximum absolute atomic E-state index is 13.5. The van der Waals surface area contributed by atoms with E-state index in [1.807, 2.05) is 9.80 Å². The Morgan fingerprint density at radius 3 is 2.16 bits per heavy atom. The van der Waals surface area contributed by atoms with Crippen molar-refractivity contribution in [2.45, 2.75) is 63.8 Å². The highest BCUT2D eigenvalue weighted by Crippen LogP contribution is 2.30. The van der Waals surface area contributed by atoms with Gasteiger partial charge in [-0.1, -0.05) is 36.6 Å². The largest absolute Gasteiger partial charge is 0.342 e. The summed E-state index contributed by atoms with van der Waals surface area (Å²) in [4.78, 5) is 43.2. The molecular formula is C25H34ClN3O3. The number of nitrogens with zero attached hydrogens (tertiary/aromatic N) is 2. The van der Waals surface area contributed by atoms with Crippen molar-refractivity contribution in [3.8, 4) is 0 Å². The summed E-state index contributed by atoms with van der Waals surface area (Å²) in [5.74, 6) is 0.168. The standard InChI is InChI=1S/C25H34ClN3O3/c26-21-11-5-4-10-20(21)23(30)27-22(25(32)28-14-6-1-7-15-28)18-12-16-29(17-13-18)24(31)19-8-2-3-9-19/h4-5,10-11,18-19,22H,1-3,6-9,12-17H2,(H,27,30). The highest BCUT2D eigenvalue weighted by molar-refractivity contribution is 6.33. The summed E-state index contributed by atoms with van der Waals surface area (Å²) in [5, 5.41) is 3.40.